The summed E-state index contributed by atoms with van der Waals surface area (Å²) in [4.78, 5) is 0. The standard InChI is InChI=1S/C17H26N2O/c1-17(2,16(18)19)10-3-4-11-20-15-9-8-13-6-5-7-14(13)12-15/h8-9,12H,3-7,10-11H2,1-2H3,(H3,18,19). The van der Waals surface area contributed by atoms with Crippen LogP contribution in [0.3, 0.4) is 0 Å². The molecule has 2 rings (SSSR count). The number of aryl methyl sites for hydroxylation is 2. The van der Waals surface area contributed by atoms with Crippen molar-refractivity contribution >= 4 is 5.84 Å². The molecule has 110 valence electrons. The number of hydrogen-bond donors (Lipinski definition) is 2. The van der Waals surface area contributed by atoms with Crippen LogP contribution in [0.5, 0.6) is 5.75 Å². The SMILES string of the molecule is CC(C)(CCCCOc1ccc2c(c1)CCC2)C(=N)N. The molecule has 0 aliphatic heterocycles. The maximum atomic E-state index is 7.53. The zero-order valence-electron chi connectivity index (χ0n) is 12.7. The van der Waals surface area contributed by atoms with Crippen molar-refractivity contribution in [3.05, 3.63) is 29.3 Å². The van der Waals surface area contributed by atoms with Gasteiger partial charge in [0.15, 0.2) is 0 Å². The third-order valence-electron chi connectivity index (χ3n) is 4.26. The average molecular weight is 274 g/mol. The first-order chi connectivity index (χ1) is 9.49. The number of nitrogens with one attached hydrogen (secondary N) is 1. The monoisotopic (exact) mass is 274 g/mol. The summed E-state index contributed by atoms with van der Waals surface area (Å²) in [5.74, 6) is 1.27. The smallest absolute Gasteiger partial charge is 0.119 e. The van der Waals surface area contributed by atoms with Gasteiger partial charge in [-0.05, 0) is 61.8 Å². The molecule has 20 heavy (non-hydrogen) atoms. The largest absolute Gasteiger partial charge is 0.494 e. The van der Waals surface area contributed by atoms with Crippen LogP contribution in [0.15, 0.2) is 18.2 Å². The lowest BCUT2D eigenvalue weighted by Crippen LogP contribution is -2.30. The Bertz CT molecular complexity index is 480. The van der Waals surface area contributed by atoms with Crippen molar-refractivity contribution in [3.8, 4) is 5.75 Å². The summed E-state index contributed by atoms with van der Waals surface area (Å²) in [5.41, 5.74) is 8.34. The molecular formula is C17H26N2O. The fourth-order valence-electron chi connectivity index (χ4n) is 2.63. The van der Waals surface area contributed by atoms with E-state index in [1.165, 1.54) is 30.4 Å². The summed E-state index contributed by atoms with van der Waals surface area (Å²) in [6.45, 7) is 4.79. The number of benzene rings is 1. The summed E-state index contributed by atoms with van der Waals surface area (Å²) in [6.07, 6.45) is 6.68. The van der Waals surface area contributed by atoms with Gasteiger partial charge < -0.3 is 10.5 Å². The molecule has 0 amide bonds. The van der Waals surface area contributed by atoms with E-state index >= 15 is 0 Å². The van der Waals surface area contributed by atoms with Gasteiger partial charge in [0.1, 0.15) is 5.75 Å². The van der Waals surface area contributed by atoms with E-state index in [1.807, 2.05) is 13.8 Å². The highest BCUT2D eigenvalue weighted by molar-refractivity contribution is 5.82. The van der Waals surface area contributed by atoms with Crippen molar-refractivity contribution in [3.63, 3.8) is 0 Å². The van der Waals surface area contributed by atoms with Gasteiger partial charge in [-0.15, -0.1) is 0 Å². The second-order valence-corrected chi connectivity index (χ2v) is 6.39. The third kappa shape index (κ3) is 3.75. The number of unbranched alkanes of at least 4 members (excludes halogenated alkanes) is 1. The van der Waals surface area contributed by atoms with Crippen molar-refractivity contribution in [1.82, 2.24) is 0 Å². The van der Waals surface area contributed by atoms with E-state index in [0.717, 1.165) is 31.6 Å². The van der Waals surface area contributed by atoms with Crippen molar-refractivity contribution in [2.45, 2.75) is 52.4 Å². The number of nitrogens with two attached hydrogens (primary N) is 1. The van der Waals surface area contributed by atoms with Crippen LogP contribution >= 0.6 is 0 Å². The molecule has 1 aliphatic carbocycles. The highest BCUT2D eigenvalue weighted by Crippen LogP contribution is 2.26. The zero-order valence-corrected chi connectivity index (χ0v) is 12.7. The van der Waals surface area contributed by atoms with Gasteiger partial charge in [-0.1, -0.05) is 19.9 Å². The Morgan fingerprint density at radius 3 is 2.75 bits per heavy atom. The highest BCUT2D eigenvalue weighted by Gasteiger charge is 2.20. The Kier molecular flexibility index (Phi) is 4.69. The molecule has 0 heterocycles. The van der Waals surface area contributed by atoms with Crippen molar-refractivity contribution in [2.24, 2.45) is 11.1 Å². The van der Waals surface area contributed by atoms with Crippen LogP contribution in [-0.4, -0.2) is 12.4 Å². The minimum absolute atomic E-state index is 0.187. The second kappa shape index (κ2) is 6.29. The summed E-state index contributed by atoms with van der Waals surface area (Å²) in [5, 5.41) is 7.53. The van der Waals surface area contributed by atoms with Gasteiger partial charge in [0.05, 0.1) is 12.4 Å². The summed E-state index contributed by atoms with van der Waals surface area (Å²) in [6, 6.07) is 6.49. The quantitative estimate of drug-likeness (QED) is 0.452. The molecule has 3 N–H and O–H groups in total. The Labute approximate surface area is 122 Å². The first kappa shape index (κ1) is 14.9. The van der Waals surface area contributed by atoms with E-state index in [4.69, 9.17) is 15.9 Å². The van der Waals surface area contributed by atoms with Gasteiger partial charge in [-0.3, -0.25) is 5.41 Å². The zero-order chi connectivity index (χ0) is 14.6. The molecule has 0 radical (unpaired) electrons. The van der Waals surface area contributed by atoms with Crippen LogP contribution in [0.2, 0.25) is 0 Å². The molecule has 0 bridgehead atoms. The molecular weight excluding hydrogens is 248 g/mol. The molecule has 1 aromatic carbocycles. The lowest BCUT2D eigenvalue weighted by Gasteiger charge is -2.22. The Balaban J connectivity index is 1.70. The van der Waals surface area contributed by atoms with Crippen LogP contribution in [0.25, 0.3) is 0 Å². The molecule has 0 fully saturated rings. The van der Waals surface area contributed by atoms with Gasteiger partial charge in [-0.25, -0.2) is 0 Å². The lowest BCUT2D eigenvalue weighted by atomic mass is 9.86. The topological polar surface area (TPSA) is 59.1 Å². The van der Waals surface area contributed by atoms with Gasteiger partial charge in [-0.2, -0.15) is 0 Å². The lowest BCUT2D eigenvalue weighted by molar-refractivity contribution is 0.296. The maximum absolute atomic E-state index is 7.53. The molecule has 0 atom stereocenters. The van der Waals surface area contributed by atoms with E-state index in [1.54, 1.807) is 0 Å². The van der Waals surface area contributed by atoms with E-state index in [0.29, 0.717) is 0 Å². The molecule has 0 spiro atoms. The van der Waals surface area contributed by atoms with Gasteiger partial charge in [0.25, 0.3) is 0 Å². The van der Waals surface area contributed by atoms with Crippen molar-refractivity contribution < 1.29 is 4.74 Å². The van der Waals surface area contributed by atoms with Crippen LogP contribution in [-0.2, 0) is 12.8 Å². The van der Waals surface area contributed by atoms with Crippen molar-refractivity contribution in [2.75, 3.05) is 6.61 Å². The van der Waals surface area contributed by atoms with Crippen LogP contribution in [0, 0.1) is 10.8 Å². The average Bonchev–Trinajstić information content (AvgIpc) is 2.85. The minimum atomic E-state index is -0.187. The van der Waals surface area contributed by atoms with Gasteiger partial charge in [0, 0.05) is 5.41 Å². The van der Waals surface area contributed by atoms with Crippen LogP contribution < -0.4 is 10.5 Å². The predicted molar refractivity (Wildman–Crippen MR) is 83.5 cm³/mol. The Morgan fingerprint density at radius 2 is 2.00 bits per heavy atom. The van der Waals surface area contributed by atoms with Crippen LogP contribution in [0.1, 0.15) is 50.7 Å². The third-order valence-corrected chi connectivity index (χ3v) is 4.26. The minimum Gasteiger partial charge on any atom is -0.494 e. The number of hydrogen-bond acceptors (Lipinski definition) is 2. The van der Waals surface area contributed by atoms with E-state index < -0.39 is 0 Å². The molecule has 0 saturated heterocycles. The molecule has 3 heteroatoms. The first-order valence-corrected chi connectivity index (χ1v) is 7.58. The second-order valence-electron chi connectivity index (χ2n) is 6.39. The van der Waals surface area contributed by atoms with E-state index in [2.05, 4.69) is 18.2 Å². The fraction of sp³-hybridized carbons (Fsp3) is 0.588. The maximum Gasteiger partial charge on any atom is 0.119 e. The summed E-state index contributed by atoms with van der Waals surface area (Å²) in [7, 11) is 0. The molecule has 3 nitrogen and oxygen atoms in total. The number of ether oxygens (including phenoxy) is 1. The summed E-state index contributed by atoms with van der Waals surface area (Å²) >= 11 is 0. The van der Waals surface area contributed by atoms with Crippen LogP contribution in [0.4, 0.5) is 0 Å². The number of rotatable bonds is 7. The predicted octanol–water partition coefficient (Wildman–Crippen LogP) is 3.69. The molecule has 0 saturated carbocycles. The molecule has 1 aromatic rings. The fourth-order valence-corrected chi connectivity index (χ4v) is 2.63. The molecule has 0 aromatic heterocycles. The highest BCUT2D eigenvalue weighted by atomic mass is 16.5. The molecule has 1 aliphatic rings. The summed E-state index contributed by atoms with van der Waals surface area (Å²) < 4.78 is 5.82. The van der Waals surface area contributed by atoms with Gasteiger partial charge in [0.2, 0.25) is 0 Å². The number of amidine groups is 1. The Morgan fingerprint density at radius 1 is 1.25 bits per heavy atom. The first-order valence-electron chi connectivity index (χ1n) is 7.58. The normalized spacial score (nSPS) is 14.1. The van der Waals surface area contributed by atoms with E-state index in [-0.39, 0.29) is 11.3 Å². The van der Waals surface area contributed by atoms with E-state index in [9.17, 15) is 0 Å². The Hall–Kier alpha value is -1.51. The van der Waals surface area contributed by atoms with Gasteiger partial charge >= 0.3 is 0 Å². The number of fused-ring (bicyclic) bond motifs is 1. The molecule has 0 unspecified atom stereocenters. The van der Waals surface area contributed by atoms with Crippen molar-refractivity contribution in [1.29, 1.82) is 5.41 Å².